The van der Waals surface area contributed by atoms with Crippen LogP contribution in [-0.2, 0) is 41.8 Å². The third-order valence-electron chi connectivity index (χ3n) is 9.39. The van der Waals surface area contributed by atoms with Gasteiger partial charge in [-0.15, -0.1) is 0 Å². The molecule has 0 aromatic rings. The average Bonchev–Trinajstić information content (AvgIpc) is 3.15. The average molecular weight is 847 g/mol. The topological polar surface area (TPSA) is 236 Å². The molecule has 15 nitrogen and oxygen atoms in total. The lowest BCUT2D eigenvalue weighted by molar-refractivity contribution is -0.161. The SMILES string of the molecule is CCCCC/C=C\C[C@H](O)[C@@H](O)CCCCCCCC(=O)O[C@H](COC(=O)CCCCCCCCCCC(C)CC)COP(=O)(O)OC[C@@H](O)COP(=O)(O)O. The first-order valence-electron chi connectivity index (χ1n) is 20.9. The van der Waals surface area contributed by atoms with Gasteiger partial charge in [-0.25, -0.2) is 9.13 Å². The molecule has 0 aromatic heterocycles. The smallest absolute Gasteiger partial charge is 0.462 e. The Morgan fingerprint density at radius 2 is 1.14 bits per heavy atom. The van der Waals surface area contributed by atoms with Crippen molar-refractivity contribution in [2.24, 2.45) is 5.92 Å². The number of hydrogen-bond acceptors (Lipinski definition) is 12. The predicted octanol–water partition coefficient (Wildman–Crippen LogP) is 7.97. The van der Waals surface area contributed by atoms with E-state index >= 15 is 0 Å². The van der Waals surface area contributed by atoms with Gasteiger partial charge >= 0.3 is 27.6 Å². The Morgan fingerprint density at radius 3 is 1.73 bits per heavy atom. The second-order valence-electron chi connectivity index (χ2n) is 14.8. The molecule has 6 atom stereocenters. The maximum atomic E-state index is 12.6. The first-order valence-corrected chi connectivity index (χ1v) is 24.0. The Kier molecular flexibility index (Phi) is 33.9. The van der Waals surface area contributed by atoms with E-state index in [2.05, 4.69) is 29.8 Å². The lowest BCUT2D eigenvalue weighted by Crippen LogP contribution is -2.30. The van der Waals surface area contributed by atoms with Crippen molar-refractivity contribution >= 4 is 27.6 Å². The van der Waals surface area contributed by atoms with Gasteiger partial charge in [0.05, 0.1) is 32.0 Å². The van der Waals surface area contributed by atoms with Gasteiger partial charge in [0.15, 0.2) is 6.10 Å². The van der Waals surface area contributed by atoms with E-state index in [9.17, 15) is 38.9 Å². The van der Waals surface area contributed by atoms with Gasteiger partial charge in [0.25, 0.3) is 0 Å². The fraction of sp³-hybridized carbons (Fsp3) is 0.897. The largest absolute Gasteiger partial charge is 0.472 e. The molecule has 0 spiro atoms. The highest BCUT2D eigenvalue weighted by molar-refractivity contribution is 7.47. The maximum Gasteiger partial charge on any atom is 0.472 e. The van der Waals surface area contributed by atoms with Gasteiger partial charge in [0, 0.05) is 12.8 Å². The van der Waals surface area contributed by atoms with Gasteiger partial charge in [0.2, 0.25) is 0 Å². The molecule has 0 fully saturated rings. The number of phosphoric ester groups is 2. The summed E-state index contributed by atoms with van der Waals surface area (Å²) in [7, 11) is -9.72. The summed E-state index contributed by atoms with van der Waals surface area (Å²) in [6, 6.07) is 0. The molecule has 0 amide bonds. The van der Waals surface area contributed by atoms with E-state index in [0.717, 1.165) is 63.7 Å². The first kappa shape index (κ1) is 54.8. The summed E-state index contributed by atoms with van der Waals surface area (Å²) >= 11 is 0. The van der Waals surface area contributed by atoms with Crippen molar-refractivity contribution in [3.05, 3.63) is 12.2 Å². The fourth-order valence-corrected chi connectivity index (χ4v) is 6.80. The molecule has 0 heterocycles. The number of aliphatic hydroxyl groups excluding tert-OH is 3. The number of unbranched alkanes of at least 4 members (excludes halogenated alkanes) is 14. The minimum absolute atomic E-state index is 0.0350. The van der Waals surface area contributed by atoms with Crippen LogP contribution in [0.2, 0.25) is 0 Å². The zero-order chi connectivity index (χ0) is 42.1. The number of ether oxygens (including phenoxy) is 2. The second-order valence-corrected chi connectivity index (χ2v) is 17.5. The third kappa shape index (κ3) is 35.9. The number of carbonyl (C=O) groups is 2. The van der Waals surface area contributed by atoms with Crippen LogP contribution in [0, 0.1) is 5.92 Å². The molecule has 0 bridgehead atoms. The van der Waals surface area contributed by atoms with Crippen molar-refractivity contribution in [2.75, 3.05) is 26.4 Å². The summed E-state index contributed by atoms with van der Waals surface area (Å²) in [5.41, 5.74) is 0. The Hall–Kier alpha value is -1.22. The van der Waals surface area contributed by atoms with Crippen LogP contribution in [0.15, 0.2) is 12.2 Å². The van der Waals surface area contributed by atoms with Crippen LogP contribution in [-0.4, -0.2) is 92.8 Å². The molecule has 56 heavy (non-hydrogen) atoms. The Morgan fingerprint density at radius 1 is 0.607 bits per heavy atom. The van der Waals surface area contributed by atoms with Gasteiger partial charge in [-0.1, -0.05) is 129 Å². The molecule has 17 heteroatoms. The van der Waals surface area contributed by atoms with Crippen molar-refractivity contribution in [2.45, 2.75) is 193 Å². The van der Waals surface area contributed by atoms with Crippen molar-refractivity contribution in [3.63, 3.8) is 0 Å². The number of esters is 2. The number of hydrogen-bond donors (Lipinski definition) is 6. The molecule has 0 aliphatic heterocycles. The highest BCUT2D eigenvalue weighted by atomic mass is 31.2. The van der Waals surface area contributed by atoms with E-state index in [0.29, 0.717) is 32.1 Å². The second kappa shape index (κ2) is 34.6. The van der Waals surface area contributed by atoms with Gasteiger partial charge < -0.3 is 39.5 Å². The van der Waals surface area contributed by atoms with Gasteiger partial charge in [0.1, 0.15) is 12.7 Å². The Bertz CT molecular complexity index is 1100. The molecule has 2 unspecified atom stereocenters. The molecule has 0 saturated carbocycles. The zero-order valence-corrected chi connectivity index (χ0v) is 36.2. The van der Waals surface area contributed by atoms with E-state index in [4.69, 9.17) is 23.8 Å². The van der Waals surface area contributed by atoms with Crippen LogP contribution < -0.4 is 0 Å². The van der Waals surface area contributed by atoms with Gasteiger partial charge in [-0.3, -0.25) is 23.2 Å². The predicted molar refractivity (Wildman–Crippen MR) is 214 cm³/mol. The van der Waals surface area contributed by atoms with Crippen molar-refractivity contribution in [1.29, 1.82) is 0 Å². The monoisotopic (exact) mass is 846 g/mol. The number of rotatable bonds is 39. The number of allylic oxidation sites excluding steroid dienone is 1. The fourth-order valence-electron chi connectivity index (χ4n) is 5.64. The molecular weight excluding hydrogens is 770 g/mol. The molecule has 6 N–H and O–H groups in total. The summed E-state index contributed by atoms with van der Waals surface area (Å²) < 4.78 is 47.6. The highest BCUT2D eigenvalue weighted by Gasteiger charge is 2.28. The zero-order valence-electron chi connectivity index (χ0n) is 34.4. The van der Waals surface area contributed by atoms with Crippen LogP contribution in [0.4, 0.5) is 0 Å². The van der Waals surface area contributed by atoms with Crippen LogP contribution in [0.5, 0.6) is 0 Å². The molecule has 0 saturated heterocycles. The number of aliphatic hydroxyl groups is 3. The summed E-state index contributed by atoms with van der Waals surface area (Å²) in [6.45, 7) is 3.81. The summed E-state index contributed by atoms with van der Waals surface area (Å²) in [4.78, 5) is 52.6. The summed E-state index contributed by atoms with van der Waals surface area (Å²) in [5.74, 6) is -0.357. The van der Waals surface area contributed by atoms with Crippen molar-refractivity contribution in [3.8, 4) is 0 Å². The molecular formula is C39H76O15P2. The minimum atomic E-state index is -4.88. The third-order valence-corrected chi connectivity index (χ3v) is 10.8. The van der Waals surface area contributed by atoms with E-state index < -0.39 is 78.4 Å². The van der Waals surface area contributed by atoms with Crippen LogP contribution >= 0.6 is 15.6 Å². The van der Waals surface area contributed by atoms with Crippen molar-refractivity contribution < 1.29 is 71.8 Å². The van der Waals surface area contributed by atoms with E-state index in [1.165, 1.54) is 44.9 Å². The molecule has 0 aliphatic carbocycles. The van der Waals surface area contributed by atoms with E-state index in [1.807, 2.05) is 12.2 Å². The normalized spacial score (nSPS) is 15.9. The van der Waals surface area contributed by atoms with Crippen LogP contribution in [0.3, 0.4) is 0 Å². The van der Waals surface area contributed by atoms with Crippen molar-refractivity contribution in [1.82, 2.24) is 0 Å². The molecule has 0 aromatic carbocycles. The van der Waals surface area contributed by atoms with Gasteiger partial charge in [-0.05, 0) is 44.4 Å². The number of carbonyl (C=O) groups excluding carboxylic acids is 2. The minimum Gasteiger partial charge on any atom is -0.462 e. The summed E-state index contributed by atoms with van der Waals surface area (Å²) in [6.07, 6.45) is 19.5. The summed E-state index contributed by atoms with van der Waals surface area (Å²) in [5, 5.41) is 30.2. The standard InChI is InChI=1S/C39H76O15P2/c1-4-6-7-8-15-20-25-36(41)37(42)26-21-16-13-18-23-28-39(44)54-35(32-53-56(48,49)52-30-34(40)29-51-55(45,46)47)31-50-38(43)27-22-17-12-10-9-11-14-19-24-33(3)5-2/h15,20,33-37,40-42H,4-14,16-19,21-32H2,1-3H3,(H,48,49)(H2,45,46,47)/b20-15-/t33?,34-,35+,36-,37-/m0/s1. The molecule has 332 valence electrons. The lowest BCUT2D eigenvalue weighted by Gasteiger charge is -2.20. The maximum absolute atomic E-state index is 12.6. The Labute approximate surface area is 336 Å². The molecule has 0 radical (unpaired) electrons. The van der Waals surface area contributed by atoms with E-state index in [-0.39, 0.29) is 12.8 Å². The van der Waals surface area contributed by atoms with Crippen LogP contribution in [0.25, 0.3) is 0 Å². The van der Waals surface area contributed by atoms with Gasteiger partial charge in [-0.2, -0.15) is 0 Å². The highest BCUT2D eigenvalue weighted by Crippen LogP contribution is 2.43. The lowest BCUT2D eigenvalue weighted by atomic mass is 9.99. The quantitative estimate of drug-likeness (QED) is 0.0149. The Balaban J connectivity index is 4.67. The molecule has 0 aliphatic rings. The molecule has 0 rings (SSSR count). The van der Waals surface area contributed by atoms with E-state index in [1.54, 1.807) is 0 Å². The first-order chi connectivity index (χ1) is 26.6. The number of phosphoric acid groups is 2. The van der Waals surface area contributed by atoms with Crippen LogP contribution in [0.1, 0.15) is 168 Å².